The number of benzene rings is 2. The number of nitrogens with zero attached hydrogens (tertiary/aromatic N) is 2. The Morgan fingerprint density at radius 3 is 1.89 bits per heavy atom. The normalized spacial score (nSPS) is 13.5. The number of hydrogen-bond donors (Lipinski definition) is 2. The van der Waals surface area contributed by atoms with Crippen LogP contribution in [0, 0.1) is 10.7 Å². The molecule has 0 spiro atoms. The van der Waals surface area contributed by atoms with Crippen molar-refractivity contribution in [3.05, 3.63) is 48.5 Å². The van der Waals surface area contributed by atoms with Gasteiger partial charge in [0.05, 0.1) is 0 Å². The second kappa shape index (κ2) is 9.10. The van der Waals surface area contributed by atoms with Gasteiger partial charge in [-0.25, -0.2) is 0 Å². The van der Waals surface area contributed by atoms with Crippen LogP contribution in [0.4, 0.5) is 17.1 Å². The molecule has 2 aromatic carbocycles. The standard InChI is InChI=1S/C20H20N4O2S/c21-14-27-18-10-6-16(7-11-18)23-20(26)19(25)22-15-4-8-17(9-5-15)24-12-2-1-3-13-24/h4-11H,1-3,12-13H2,(H,22,25)(H,23,26). The third-order valence-corrected chi connectivity index (χ3v) is 4.93. The third kappa shape index (κ3) is 5.25. The number of hydrogen-bond acceptors (Lipinski definition) is 5. The molecule has 1 aliphatic rings. The first-order chi connectivity index (χ1) is 13.2. The molecule has 2 aromatic rings. The zero-order chi connectivity index (χ0) is 19.1. The summed E-state index contributed by atoms with van der Waals surface area (Å²) in [6.45, 7) is 2.11. The van der Waals surface area contributed by atoms with Gasteiger partial charge >= 0.3 is 11.8 Å². The molecule has 7 heteroatoms. The molecule has 0 bridgehead atoms. The van der Waals surface area contributed by atoms with Crippen LogP contribution in [0.1, 0.15) is 19.3 Å². The zero-order valence-corrected chi connectivity index (χ0v) is 15.6. The molecule has 0 radical (unpaired) electrons. The topological polar surface area (TPSA) is 85.2 Å². The minimum Gasteiger partial charge on any atom is -0.372 e. The fourth-order valence-corrected chi connectivity index (χ4v) is 3.32. The highest BCUT2D eigenvalue weighted by atomic mass is 32.2. The van der Waals surface area contributed by atoms with Gasteiger partial charge in [0.25, 0.3) is 0 Å². The maximum atomic E-state index is 12.1. The lowest BCUT2D eigenvalue weighted by Crippen LogP contribution is -2.30. The summed E-state index contributed by atoms with van der Waals surface area (Å²) in [6, 6.07) is 14.3. The molecule has 2 amide bonds. The van der Waals surface area contributed by atoms with Crippen molar-refractivity contribution in [2.45, 2.75) is 24.2 Å². The molecular formula is C20H20N4O2S. The van der Waals surface area contributed by atoms with Crippen LogP contribution in [-0.2, 0) is 9.59 Å². The molecule has 0 saturated carbocycles. The molecule has 1 fully saturated rings. The lowest BCUT2D eigenvalue weighted by molar-refractivity contribution is -0.132. The van der Waals surface area contributed by atoms with Gasteiger partial charge < -0.3 is 15.5 Å². The Balaban J connectivity index is 1.54. The minimum atomic E-state index is -0.740. The summed E-state index contributed by atoms with van der Waals surface area (Å²) in [5, 5.41) is 15.8. The Morgan fingerprint density at radius 2 is 1.37 bits per heavy atom. The number of piperidine rings is 1. The first kappa shape index (κ1) is 18.8. The van der Waals surface area contributed by atoms with Gasteiger partial charge in [-0.15, -0.1) is 0 Å². The summed E-state index contributed by atoms with van der Waals surface area (Å²) in [5.74, 6) is -1.47. The second-order valence-corrected chi connectivity index (χ2v) is 7.08. The van der Waals surface area contributed by atoms with E-state index in [0.29, 0.717) is 11.4 Å². The number of nitrogens with one attached hydrogen (secondary N) is 2. The molecule has 0 aromatic heterocycles. The smallest absolute Gasteiger partial charge is 0.314 e. The van der Waals surface area contributed by atoms with Crippen molar-refractivity contribution >= 4 is 40.6 Å². The van der Waals surface area contributed by atoms with Crippen LogP contribution < -0.4 is 15.5 Å². The van der Waals surface area contributed by atoms with Crippen molar-refractivity contribution < 1.29 is 9.59 Å². The number of carbonyl (C=O) groups is 2. The summed E-state index contributed by atoms with van der Waals surface area (Å²) in [4.78, 5) is 27.2. The average molecular weight is 380 g/mol. The first-order valence-corrected chi connectivity index (χ1v) is 9.61. The quantitative estimate of drug-likeness (QED) is 0.478. The summed E-state index contributed by atoms with van der Waals surface area (Å²) < 4.78 is 0. The molecule has 27 heavy (non-hydrogen) atoms. The third-order valence-electron chi connectivity index (χ3n) is 4.33. The van der Waals surface area contributed by atoms with E-state index in [1.165, 1.54) is 19.3 Å². The lowest BCUT2D eigenvalue weighted by Gasteiger charge is -2.28. The van der Waals surface area contributed by atoms with E-state index in [2.05, 4.69) is 15.5 Å². The Hall–Kier alpha value is -2.98. The molecule has 2 N–H and O–H groups in total. The van der Waals surface area contributed by atoms with Gasteiger partial charge in [-0.2, -0.15) is 5.26 Å². The number of rotatable bonds is 4. The molecular weight excluding hydrogens is 360 g/mol. The van der Waals surface area contributed by atoms with Crippen LogP contribution in [0.15, 0.2) is 53.4 Å². The average Bonchev–Trinajstić information content (AvgIpc) is 2.71. The SMILES string of the molecule is N#CSc1ccc(NC(=O)C(=O)Nc2ccc(N3CCCCC3)cc2)cc1. The first-order valence-electron chi connectivity index (χ1n) is 8.79. The van der Waals surface area contributed by atoms with Gasteiger partial charge in [-0.3, -0.25) is 9.59 Å². The maximum absolute atomic E-state index is 12.1. The monoisotopic (exact) mass is 380 g/mol. The highest BCUT2D eigenvalue weighted by Crippen LogP contribution is 2.22. The van der Waals surface area contributed by atoms with Crippen LogP contribution in [0.5, 0.6) is 0 Å². The van der Waals surface area contributed by atoms with Gasteiger partial charge in [0, 0.05) is 35.0 Å². The molecule has 1 heterocycles. The van der Waals surface area contributed by atoms with E-state index in [1.54, 1.807) is 24.3 Å². The summed E-state index contributed by atoms with van der Waals surface area (Å²) in [5.41, 5.74) is 2.21. The maximum Gasteiger partial charge on any atom is 0.314 e. The Kier molecular flexibility index (Phi) is 6.34. The van der Waals surface area contributed by atoms with E-state index >= 15 is 0 Å². The molecule has 1 saturated heterocycles. The molecule has 3 rings (SSSR count). The molecule has 1 aliphatic heterocycles. The van der Waals surface area contributed by atoms with Gasteiger partial charge in [0.15, 0.2) is 0 Å². The Labute approximate surface area is 162 Å². The zero-order valence-electron chi connectivity index (χ0n) is 14.8. The van der Waals surface area contributed by atoms with Crippen molar-refractivity contribution in [1.82, 2.24) is 0 Å². The molecule has 0 unspecified atom stereocenters. The van der Waals surface area contributed by atoms with Crippen LogP contribution in [0.25, 0.3) is 0 Å². The van der Waals surface area contributed by atoms with Gasteiger partial charge in [0.2, 0.25) is 0 Å². The number of nitriles is 1. The Bertz CT molecular complexity index is 838. The van der Waals surface area contributed by atoms with Crippen LogP contribution in [0.3, 0.4) is 0 Å². The van der Waals surface area contributed by atoms with Crippen molar-refractivity contribution in [2.24, 2.45) is 0 Å². The van der Waals surface area contributed by atoms with Crippen molar-refractivity contribution in [2.75, 3.05) is 28.6 Å². The van der Waals surface area contributed by atoms with Gasteiger partial charge in [0.1, 0.15) is 5.40 Å². The van der Waals surface area contributed by atoms with Crippen molar-refractivity contribution in [3.63, 3.8) is 0 Å². The van der Waals surface area contributed by atoms with Crippen molar-refractivity contribution in [1.29, 1.82) is 5.26 Å². The highest BCUT2D eigenvalue weighted by molar-refractivity contribution is 8.03. The van der Waals surface area contributed by atoms with Crippen molar-refractivity contribution in [3.8, 4) is 5.40 Å². The summed E-state index contributed by atoms with van der Waals surface area (Å²) in [7, 11) is 0. The lowest BCUT2D eigenvalue weighted by atomic mass is 10.1. The largest absolute Gasteiger partial charge is 0.372 e. The predicted molar refractivity (Wildman–Crippen MR) is 108 cm³/mol. The predicted octanol–water partition coefficient (Wildman–Crippen LogP) is 3.83. The highest BCUT2D eigenvalue weighted by Gasteiger charge is 2.15. The molecule has 0 atom stereocenters. The molecule has 6 nitrogen and oxygen atoms in total. The van der Waals surface area contributed by atoms with Crippen LogP contribution >= 0.6 is 11.8 Å². The van der Waals surface area contributed by atoms with Gasteiger partial charge in [-0.1, -0.05) is 0 Å². The fraction of sp³-hybridized carbons (Fsp3) is 0.250. The van der Waals surface area contributed by atoms with E-state index < -0.39 is 11.8 Å². The molecule has 0 aliphatic carbocycles. The van der Waals surface area contributed by atoms with E-state index in [9.17, 15) is 9.59 Å². The number of thiocyanates is 1. The van der Waals surface area contributed by atoms with E-state index in [0.717, 1.165) is 35.4 Å². The van der Waals surface area contributed by atoms with Crippen LogP contribution in [-0.4, -0.2) is 24.9 Å². The Morgan fingerprint density at radius 1 is 0.852 bits per heavy atom. The number of anilines is 3. The van der Waals surface area contributed by atoms with Gasteiger partial charge in [-0.05, 0) is 79.6 Å². The van der Waals surface area contributed by atoms with Crippen LogP contribution in [0.2, 0.25) is 0 Å². The number of thioether (sulfide) groups is 1. The fourth-order valence-electron chi connectivity index (χ4n) is 2.94. The van der Waals surface area contributed by atoms with E-state index in [-0.39, 0.29) is 0 Å². The number of carbonyl (C=O) groups excluding carboxylic acids is 2. The molecule has 138 valence electrons. The van der Waals surface area contributed by atoms with E-state index in [4.69, 9.17) is 5.26 Å². The van der Waals surface area contributed by atoms with E-state index in [1.807, 2.05) is 29.7 Å². The summed E-state index contributed by atoms with van der Waals surface area (Å²) in [6.07, 6.45) is 3.68. The second-order valence-electron chi connectivity index (χ2n) is 6.22. The minimum absolute atomic E-state index is 0.498. The number of amides is 2. The summed E-state index contributed by atoms with van der Waals surface area (Å²) >= 11 is 1.03.